The van der Waals surface area contributed by atoms with E-state index in [0.29, 0.717) is 0 Å². The Hall–Kier alpha value is -1.31. The molecule has 0 N–H and O–H groups in total. The lowest BCUT2D eigenvalue weighted by molar-refractivity contribution is 0.214. The van der Waals surface area contributed by atoms with E-state index in [9.17, 15) is 0 Å². The van der Waals surface area contributed by atoms with Crippen LogP contribution in [-0.2, 0) is 11.2 Å². The van der Waals surface area contributed by atoms with Crippen molar-refractivity contribution in [3.8, 4) is 0 Å². The van der Waals surface area contributed by atoms with E-state index in [4.69, 9.17) is 4.74 Å². The molecule has 1 heterocycles. The standard InChI is InChI=1S/C10H9NO/c1-2-4-8-7(3-1)5-9-10(8)11-6-12-9/h1-4,6,9-10H,5H2/t9-,10+/m0/s1. The molecule has 0 unspecified atom stereocenters. The van der Waals surface area contributed by atoms with E-state index in [2.05, 4.69) is 29.3 Å². The van der Waals surface area contributed by atoms with Crippen molar-refractivity contribution in [2.75, 3.05) is 0 Å². The van der Waals surface area contributed by atoms with Gasteiger partial charge < -0.3 is 4.74 Å². The molecule has 2 heteroatoms. The molecule has 0 amide bonds. The Balaban J connectivity index is 2.14. The van der Waals surface area contributed by atoms with Crippen molar-refractivity contribution in [1.82, 2.24) is 0 Å². The average Bonchev–Trinajstić information content (AvgIpc) is 2.62. The highest BCUT2D eigenvalue weighted by molar-refractivity contribution is 5.54. The Morgan fingerprint density at radius 3 is 3.25 bits per heavy atom. The number of aliphatic imine (C=N–C) groups is 1. The molecule has 12 heavy (non-hydrogen) atoms. The normalized spacial score (nSPS) is 29.7. The van der Waals surface area contributed by atoms with Crippen LogP contribution in [0.4, 0.5) is 0 Å². The van der Waals surface area contributed by atoms with Gasteiger partial charge in [-0.1, -0.05) is 24.3 Å². The Labute approximate surface area is 70.9 Å². The van der Waals surface area contributed by atoms with Crippen LogP contribution in [0.15, 0.2) is 29.3 Å². The maximum absolute atomic E-state index is 5.37. The SMILES string of the molecule is C1=N[C@@H]2c3ccccc3C[C@@H]2O1. The van der Waals surface area contributed by atoms with Gasteiger partial charge in [-0.25, -0.2) is 4.99 Å². The van der Waals surface area contributed by atoms with Crippen LogP contribution < -0.4 is 0 Å². The molecule has 0 bridgehead atoms. The van der Waals surface area contributed by atoms with Crippen molar-refractivity contribution in [3.05, 3.63) is 35.4 Å². The summed E-state index contributed by atoms with van der Waals surface area (Å²) in [6.07, 6.45) is 2.88. The summed E-state index contributed by atoms with van der Waals surface area (Å²) in [5.41, 5.74) is 2.74. The smallest absolute Gasteiger partial charge is 0.170 e. The van der Waals surface area contributed by atoms with Crippen LogP contribution in [0.5, 0.6) is 0 Å². The molecule has 3 rings (SSSR count). The van der Waals surface area contributed by atoms with Crippen LogP contribution in [0.25, 0.3) is 0 Å². The van der Waals surface area contributed by atoms with Gasteiger partial charge >= 0.3 is 0 Å². The number of ether oxygens (including phenoxy) is 1. The number of rotatable bonds is 0. The van der Waals surface area contributed by atoms with Gasteiger partial charge in [0.05, 0.1) is 0 Å². The van der Waals surface area contributed by atoms with Gasteiger partial charge in [-0.05, 0) is 11.1 Å². The van der Waals surface area contributed by atoms with Crippen LogP contribution in [0, 0.1) is 0 Å². The summed E-state index contributed by atoms with van der Waals surface area (Å²) in [6.45, 7) is 0. The molecular formula is C10H9NO. The Morgan fingerprint density at radius 2 is 2.25 bits per heavy atom. The molecule has 0 fully saturated rings. The molecule has 0 aromatic heterocycles. The summed E-state index contributed by atoms with van der Waals surface area (Å²) in [5, 5.41) is 0. The molecule has 0 saturated carbocycles. The van der Waals surface area contributed by atoms with Crippen molar-refractivity contribution >= 4 is 6.40 Å². The molecule has 1 aromatic carbocycles. The lowest BCUT2D eigenvalue weighted by Crippen LogP contribution is -2.09. The van der Waals surface area contributed by atoms with Crippen LogP contribution in [0.2, 0.25) is 0 Å². The fourth-order valence-electron chi connectivity index (χ4n) is 2.01. The third-order valence-electron chi connectivity index (χ3n) is 2.60. The lowest BCUT2D eigenvalue weighted by atomic mass is 10.1. The average molecular weight is 159 g/mol. The van der Waals surface area contributed by atoms with Crippen LogP contribution >= 0.6 is 0 Å². The fourth-order valence-corrected chi connectivity index (χ4v) is 2.01. The van der Waals surface area contributed by atoms with Crippen LogP contribution in [0.1, 0.15) is 17.2 Å². The summed E-state index contributed by atoms with van der Waals surface area (Å²) in [4.78, 5) is 4.29. The molecule has 1 aromatic rings. The summed E-state index contributed by atoms with van der Waals surface area (Å²) >= 11 is 0. The van der Waals surface area contributed by atoms with E-state index < -0.39 is 0 Å². The van der Waals surface area contributed by atoms with E-state index in [1.54, 1.807) is 6.40 Å². The largest absolute Gasteiger partial charge is 0.477 e. The van der Waals surface area contributed by atoms with E-state index in [0.717, 1.165) is 6.42 Å². The molecule has 0 spiro atoms. The molecule has 60 valence electrons. The van der Waals surface area contributed by atoms with Gasteiger partial charge in [-0.15, -0.1) is 0 Å². The van der Waals surface area contributed by atoms with Crippen molar-refractivity contribution in [2.45, 2.75) is 18.6 Å². The van der Waals surface area contributed by atoms with Gasteiger partial charge in [-0.2, -0.15) is 0 Å². The minimum Gasteiger partial charge on any atom is -0.477 e. The zero-order chi connectivity index (χ0) is 7.97. The number of hydrogen-bond donors (Lipinski definition) is 0. The minimum atomic E-state index is 0.279. The van der Waals surface area contributed by atoms with Crippen molar-refractivity contribution in [1.29, 1.82) is 0 Å². The summed E-state index contributed by atoms with van der Waals surface area (Å²) in [6, 6.07) is 8.72. The van der Waals surface area contributed by atoms with E-state index >= 15 is 0 Å². The molecule has 0 saturated heterocycles. The van der Waals surface area contributed by atoms with Crippen molar-refractivity contribution in [2.24, 2.45) is 4.99 Å². The zero-order valence-electron chi connectivity index (χ0n) is 6.60. The lowest BCUT2D eigenvalue weighted by Gasteiger charge is -2.05. The third kappa shape index (κ3) is 0.670. The molecular weight excluding hydrogens is 150 g/mol. The van der Waals surface area contributed by atoms with Gasteiger partial charge in [0.1, 0.15) is 12.1 Å². The maximum atomic E-state index is 5.37. The fraction of sp³-hybridized carbons (Fsp3) is 0.300. The predicted octanol–water partition coefficient (Wildman–Crippen LogP) is 1.71. The highest BCUT2D eigenvalue weighted by Gasteiger charge is 2.35. The number of fused-ring (bicyclic) bond motifs is 3. The minimum absolute atomic E-state index is 0.279. The molecule has 1 aliphatic heterocycles. The van der Waals surface area contributed by atoms with E-state index in [1.807, 2.05) is 0 Å². The van der Waals surface area contributed by atoms with Crippen molar-refractivity contribution in [3.63, 3.8) is 0 Å². The maximum Gasteiger partial charge on any atom is 0.170 e. The first kappa shape index (κ1) is 6.23. The second-order valence-electron chi connectivity index (χ2n) is 3.28. The molecule has 2 atom stereocenters. The second kappa shape index (κ2) is 2.09. The third-order valence-corrected chi connectivity index (χ3v) is 2.60. The van der Waals surface area contributed by atoms with Gasteiger partial charge in [0.15, 0.2) is 6.40 Å². The van der Waals surface area contributed by atoms with Gasteiger partial charge in [-0.3, -0.25) is 0 Å². The Bertz CT molecular complexity index is 345. The highest BCUT2D eigenvalue weighted by atomic mass is 16.5. The molecule has 1 aliphatic carbocycles. The topological polar surface area (TPSA) is 21.6 Å². The summed E-state index contributed by atoms with van der Waals surface area (Å²) in [5.74, 6) is 0. The van der Waals surface area contributed by atoms with E-state index in [-0.39, 0.29) is 12.1 Å². The molecule has 2 aliphatic rings. The molecule has 2 nitrogen and oxygen atoms in total. The van der Waals surface area contributed by atoms with Gasteiger partial charge in [0.2, 0.25) is 0 Å². The molecule has 0 radical (unpaired) electrons. The quantitative estimate of drug-likeness (QED) is 0.564. The first-order valence-electron chi connectivity index (χ1n) is 4.20. The zero-order valence-corrected chi connectivity index (χ0v) is 6.60. The monoisotopic (exact) mass is 159 g/mol. The Morgan fingerprint density at radius 1 is 1.33 bits per heavy atom. The highest BCUT2D eigenvalue weighted by Crippen LogP contribution is 2.37. The van der Waals surface area contributed by atoms with Crippen molar-refractivity contribution < 1.29 is 4.74 Å². The first-order valence-corrected chi connectivity index (χ1v) is 4.20. The second-order valence-corrected chi connectivity index (χ2v) is 3.28. The summed E-state index contributed by atoms with van der Waals surface area (Å²) < 4.78 is 5.37. The van der Waals surface area contributed by atoms with E-state index in [1.165, 1.54) is 11.1 Å². The number of nitrogens with zero attached hydrogens (tertiary/aromatic N) is 1. The number of hydrogen-bond acceptors (Lipinski definition) is 2. The predicted molar refractivity (Wildman–Crippen MR) is 46.3 cm³/mol. The first-order chi connectivity index (χ1) is 5.95. The van der Waals surface area contributed by atoms with Gasteiger partial charge in [0, 0.05) is 6.42 Å². The van der Waals surface area contributed by atoms with Crippen LogP contribution in [-0.4, -0.2) is 12.5 Å². The number of benzene rings is 1. The summed E-state index contributed by atoms with van der Waals surface area (Å²) in [7, 11) is 0. The van der Waals surface area contributed by atoms with Gasteiger partial charge in [0.25, 0.3) is 0 Å². The van der Waals surface area contributed by atoms with Crippen LogP contribution in [0.3, 0.4) is 0 Å². The Kier molecular flexibility index (Phi) is 1.09.